The molecule has 1 amide bonds. The highest BCUT2D eigenvalue weighted by molar-refractivity contribution is 5.82. The number of aryl methyl sites for hydroxylation is 1. The Morgan fingerprint density at radius 2 is 2.07 bits per heavy atom. The van der Waals surface area contributed by atoms with Crippen LogP contribution in [0.15, 0.2) is 35.0 Å². The second-order valence-corrected chi connectivity index (χ2v) is 7.17. The second-order valence-electron chi connectivity index (χ2n) is 7.17. The number of piperidine rings is 1. The average molecular weight is 420 g/mol. The summed E-state index contributed by atoms with van der Waals surface area (Å²) in [6.45, 7) is 2.12. The first-order chi connectivity index (χ1) is 14.3. The first-order valence-electron chi connectivity index (χ1n) is 9.48. The lowest BCUT2D eigenvalue weighted by Gasteiger charge is -2.31. The molecule has 7 nitrogen and oxygen atoms in total. The zero-order chi connectivity index (χ0) is 21.3. The summed E-state index contributed by atoms with van der Waals surface area (Å²) in [5, 5.41) is 3.82. The number of likely N-dealkylation sites (tertiary alicyclic amines) is 1. The lowest BCUT2D eigenvalue weighted by Crippen LogP contribution is -2.40. The summed E-state index contributed by atoms with van der Waals surface area (Å²) in [5.41, 5.74) is -0.435. The minimum atomic E-state index is -4.54. The number of hydrogen-bond acceptors (Lipinski definition) is 6. The number of carbonyl (C=O) groups excluding carboxylic acids is 1. The number of nitrogens with zero attached hydrogens (tertiary/aromatic N) is 4. The van der Waals surface area contributed by atoms with Gasteiger partial charge in [-0.25, -0.2) is 9.97 Å². The first-order valence-corrected chi connectivity index (χ1v) is 9.48. The normalized spacial score (nSPS) is 15.5. The van der Waals surface area contributed by atoms with Crippen LogP contribution in [0.1, 0.15) is 35.7 Å². The van der Waals surface area contributed by atoms with Gasteiger partial charge in [-0.05, 0) is 31.9 Å². The number of amides is 1. The Kier molecular flexibility index (Phi) is 5.31. The highest BCUT2D eigenvalue weighted by atomic mass is 19.4. The molecule has 0 spiro atoms. The van der Waals surface area contributed by atoms with Gasteiger partial charge >= 0.3 is 6.18 Å². The van der Waals surface area contributed by atoms with E-state index in [0.29, 0.717) is 31.8 Å². The molecule has 158 valence electrons. The van der Waals surface area contributed by atoms with Crippen molar-refractivity contribution in [2.75, 3.05) is 19.7 Å². The molecule has 0 N–H and O–H groups in total. The van der Waals surface area contributed by atoms with Gasteiger partial charge in [-0.1, -0.05) is 11.2 Å². The van der Waals surface area contributed by atoms with Gasteiger partial charge in [0.2, 0.25) is 5.88 Å². The molecule has 0 atom stereocenters. The van der Waals surface area contributed by atoms with Crippen LogP contribution in [-0.2, 0) is 11.0 Å². The van der Waals surface area contributed by atoms with E-state index in [4.69, 9.17) is 9.26 Å². The predicted molar refractivity (Wildman–Crippen MR) is 99.8 cm³/mol. The maximum absolute atomic E-state index is 13.5. The van der Waals surface area contributed by atoms with Crippen LogP contribution in [0.3, 0.4) is 0 Å². The van der Waals surface area contributed by atoms with Gasteiger partial charge in [0, 0.05) is 37.0 Å². The fraction of sp³-hybridized carbons (Fsp3) is 0.400. The number of ether oxygens (including phenoxy) is 1. The summed E-state index contributed by atoms with van der Waals surface area (Å²) in [7, 11) is 0. The van der Waals surface area contributed by atoms with Gasteiger partial charge in [-0.3, -0.25) is 4.79 Å². The Morgan fingerprint density at radius 1 is 1.30 bits per heavy atom. The predicted octanol–water partition coefficient (Wildman–Crippen LogP) is 3.73. The first kappa shape index (κ1) is 20.1. The van der Waals surface area contributed by atoms with E-state index in [2.05, 4.69) is 15.1 Å². The molecule has 0 bridgehead atoms. The van der Waals surface area contributed by atoms with Crippen molar-refractivity contribution in [3.63, 3.8) is 0 Å². The van der Waals surface area contributed by atoms with Crippen molar-refractivity contribution in [2.45, 2.75) is 31.9 Å². The average Bonchev–Trinajstić information content (AvgIpc) is 3.15. The van der Waals surface area contributed by atoms with E-state index in [1.54, 1.807) is 29.3 Å². The highest BCUT2D eigenvalue weighted by Crippen LogP contribution is 2.40. The zero-order valence-corrected chi connectivity index (χ0v) is 16.1. The molecule has 4 heterocycles. The molecular weight excluding hydrogens is 401 g/mol. The number of alkyl halides is 3. The number of carbonyl (C=O) groups is 1. The molecule has 30 heavy (non-hydrogen) atoms. The Balaban J connectivity index is 1.45. The van der Waals surface area contributed by atoms with Gasteiger partial charge in [0.25, 0.3) is 11.6 Å². The van der Waals surface area contributed by atoms with E-state index in [-0.39, 0.29) is 40.9 Å². The third-order valence-corrected chi connectivity index (χ3v) is 5.12. The molecule has 4 rings (SSSR count). The summed E-state index contributed by atoms with van der Waals surface area (Å²) < 4.78 is 51.1. The molecule has 3 aromatic rings. The number of hydrogen-bond donors (Lipinski definition) is 0. The molecule has 0 unspecified atom stereocenters. The van der Waals surface area contributed by atoms with E-state index in [1.807, 2.05) is 0 Å². The van der Waals surface area contributed by atoms with Crippen LogP contribution in [-0.4, -0.2) is 45.6 Å². The maximum atomic E-state index is 13.5. The molecule has 1 saturated heterocycles. The Labute approximate surface area is 169 Å². The lowest BCUT2D eigenvalue weighted by atomic mass is 9.90. The fourth-order valence-electron chi connectivity index (χ4n) is 3.66. The summed E-state index contributed by atoms with van der Waals surface area (Å²) >= 11 is 0. The molecule has 10 heteroatoms. The van der Waals surface area contributed by atoms with Gasteiger partial charge < -0.3 is 14.2 Å². The summed E-state index contributed by atoms with van der Waals surface area (Å²) in [6, 6.07) is 6.17. The SMILES string of the molecule is Cc1cc(C(F)(F)F)c2c(C3CCN(C(=O)COc4ccccn4)CC3)noc2n1. The van der Waals surface area contributed by atoms with E-state index in [0.717, 1.165) is 6.07 Å². The maximum Gasteiger partial charge on any atom is 0.417 e. The number of rotatable bonds is 4. The third-order valence-electron chi connectivity index (χ3n) is 5.12. The van der Waals surface area contributed by atoms with E-state index < -0.39 is 11.7 Å². The van der Waals surface area contributed by atoms with Crippen LogP contribution in [0, 0.1) is 6.92 Å². The van der Waals surface area contributed by atoms with Crippen molar-refractivity contribution in [3.8, 4) is 5.88 Å². The summed E-state index contributed by atoms with van der Waals surface area (Å²) in [4.78, 5) is 22.1. The van der Waals surface area contributed by atoms with Crippen molar-refractivity contribution >= 4 is 17.0 Å². The van der Waals surface area contributed by atoms with Crippen LogP contribution in [0.2, 0.25) is 0 Å². The van der Waals surface area contributed by atoms with Crippen LogP contribution < -0.4 is 4.74 Å². The molecule has 0 aromatic carbocycles. The number of fused-ring (bicyclic) bond motifs is 1. The smallest absolute Gasteiger partial charge is 0.417 e. The molecule has 3 aromatic heterocycles. The van der Waals surface area contributed by atoms with Gasteiger partial charge in [0.1, 0.15) is 0 Å². The fourth-order valence-corrected chi connectivity index (χ4v) is 3.66. The number of pyridine rings is 2. The van der Waals surface area contributed by atoms with Crippen LogP contribution in [0.5, 0.6) is 5.88 Å². The highest BCUT2D eigenvalue weighted by Gasteiger charge is 2.37. The minimum absolute atomic E-state index is 0.0867. The quantitative estimate of drug-likeness (QED) is 0.640. The lowest BCUT2D eigenvalue weighted by molar-refractivity contribution is -0.136. The molecule has 0 saturated carbocycles. The van der Waals surface area contributed by atoms with Crippen LogP contribution >= 0.6 is 0 Å². The van der Waals surface area contributed by atoms with E-state index >= 15 is 0 Å². The Hall–Kier alpha value is -3.17. The van der Waals surface area contributed by atoms with Gasteiger partial charge in [0.15, 0.2) is 6.61 Å². The van der Waals surface area contributed by atoms with Gasteiger partial charge in [-0.2, -0.15) is 13.2 Å². The third kappa shape index (κ3) is 4.07. The van der Waals surface area contributed by atoms with Crippen LogP contribution in [0.25, 0.3) is 11.1 Å². The summed E-state index contributed by atoms with van der Waals surface area (Å²) in [5.74, 6) is -0.0905. The van der Waals surface area contributed by atoms with Crippen molar-refractivity contribution in [1.29, 1.82) is 0 Å². The Bertz CT molecular complexity index is 1040. The topological polar surface area (TPSA) is 81.4 Å². The van der Waals surface area contributed by atoms with Crippen molar-refractivity contribution in [1.82, 2.24) is 20.0 Å². The number of halogens is 3. The van der Waals surface area contributed by atoms with Gasteiger partial charge in [-0.15, -0.1) is 0 Å². The van der Waals surface area contributed by atoms with E-state index in [9.17, 15) is 18.0 Å². The molecule has 0 radical (unpaired) electrons. The second kappa shape index (κ2) is 7.92. The van der Waals surface area contributed by atoms with Crippen molar-refractivity contribution in [2.24, 2.45) is 0 Å². The molecule has 1 aliphatic heterocycles. The Morgan fingerprint density at radius 3 is 2.73 bits per heavy atom. The van der Waals surface area contributed by atoms with Crippen molar-refractivity contribution < 1.29 is 27.2 Å². The minimum Gasteiger partial charge on any atom is -0.468 e. The van der Waals surface area contributed by atoms with Crippen molar-refractivity contribution in [3.05, 3.63) is 47.4 Å². The molecular formula is C20H19F3N4O3. The molecule has 1 aliphatic rings. The standard InChI is InChI=1S/C20H19F3N4O3/c1-12-10-14(20(21,22)23)17-18(26-30-19(17)25-12)13-5-8-27(9-6-13)16(28)11-29-15-4-2-3-7-24-15/h2-4,7,10,13H,5-6,8-9,11H2,1H3. The molecule has 1 fully saturated rings. The zero-order valence-electron chi connectivity index (χ0n) is 16.1. The molecule has 0 aliphatic carbocycles. The summed E-state index contributed by atoms with van der Waals surface area (Å²) in [6.07, 6.45) is -2.02. The van der Waals surface area contributed by atoms with E-state index in [1.165, 1.54) is 6.92 Å². The van der Waals surface area contributed by atoms with Crippen LogP contribution in [0.4, 0.5) is 13.2 Å². The number of aromatic nitrogens is 3. The largest absolute Gasteiger partial charge is 0.468 e. The van der Waals surface area contributed by atoms with Gasteiger partial charge in [0.05, 0.1) is 16.6 Å². The monoisotopic (exact) mass is 420 g/mol.